The minimum atomic E-state index is -3.76. The molecule has 0 saturated heterocycles. The van der Waals surface area contributed by atoms with Gasteiger partial charge in [0.15, 0.2) is 0 Å². The SMILES string of the molecule is CN(c1ccc(C(=O)Nc2cccc(F)c2)c(Cl)c1)S(=O)(=O)c1ccccc1. The summed E-state index contributed by atoms with van der Waals surface area (Å²) in [5, 5.41) is 2.62. The molecule has 0 heterocycles. The number of hydrogen-bond donors (Lipinski definition) is 1. The van der Waals surface area contributed by atoms with Crippen molar-refractivity contribution in [3.05, 3.63) is 89.2 Å². The average Bonchev–Trinajstić information content (AvgIpc) is 2.68. The predicted octanol–water partition coefficient (Wildman–Crippen LogP) is 4.56. The minimum absolute atomic E-state index is 0.0708. The zero-order valence-corrected chi connectivity index (χ0v) is 16.3. The molecule has 0 saturated carbocycles. The Kier molecular flexibility index (Phi) is 5.67. The number of carbonyl (C=O) groups is 1. The van der Waals surface area contributed by atoms with E-state index in [1.807, 2.05) is 0 Å². The zero-order chi connectivity index (χ0) is 20.3. The van der Waals surface area contributed by atoms with Gasteiger partial charge in [-0.15, -0.1) is 0 Å². The molecule has 144 valence electrons. The third kappa shape index (κ3) is 4.16. The van der Waals surface area contributed by atoms with Crippen LogP contribution in [0, 0.1) is 5.82 Å². The highest BCUT2D eigenvalue weighted by atomic mass is 35.5. The van der Waals surface area contributed by atoms with Crippen LogP contribution in [0.15, 0.2) is 77.7 Å². The standard InChI is InChI=1S/C20H16ClFN2O3S/c1-24(28(26,27)17-8-3-2-4-9-17)16-10-11-18(19(21)13-16)20(25)23-15-7-5-6-14(22)12-15/h2-13H,1H3,(H,23,25). The van der Waals surface area contributed by atoms with Gasteiger partial charge in [-0.25, -0.2) is 12.8 Å². The largest absolute Gasteiger partial charge is 0.322 e. The van der Waals surface area contributed by atoms with Crippen molar-refractivity contribution >= 4 is 38.9 Å². The van der Waals surface area contributed by atoms with Crippen molar-refractivity contribution in [2.45, 2.75) is 4.90 Å². The average molecular weight is 419 g/mol. The quantitative estimate of drug-likeness (QED) is 0.660. The van der Waals surface area contributed by atoms with E-state index in [2.05, 4.69) is 5.32 Å². The number of carbonyl (C=O) groups excluding carboxylic acids is 1. The Balaban J connectivity index is 1.85. The molecule has 0 unspecified atom stereocenters. The van der Waals surface area contributed by atoms with Gasteiger partial charge in [0, 0.05) is 12.7 Å². The summed E-state index contributed by atoms with van der Waals surface area (Å²) in [5.74, 6) is -1.01. The highest BCUT2D eigenvalue weighted by molar-refractivity contribution is 7.92. The number of nitrogens with one attached hydrogen (secondary N) is 1. The van der Waals surface area contributed by atoms with E-state index in [0.29, 0.717) is 5.69 Å². The maximum absolute atomic E-state index is 13.3. The summed E-state index contributed by atoms with van der Waals surface area (Å²) in [5.41, 5.74) is 0.727. The van der Waals surface area contributed by atoms with Crippen molar-refractivity contribution in [3.63, 3.8) is 0 Å². The highest BCUT2D eigenvalue weighted by Crippen LogP contribution is 2.27. The molecule has 0 aliphatic heterocycles. The number of hydrogen-bond acceptors (Lipinski definition) is 3. The number of anilines is 2. The minimum Gasteiger partial charge on any atom is -0.322 e. The summed E-state index contributed by atoms with van der Waals surface area (Å²) in [4.78, 5) is 12.5. The summed E-state index contributed by atoms with van der Waals surface area (Å²) in [7, 11) is -2.36. The second-order valence-electron chi connectivity index (χ2n) is 5.91. The second kappa shape index (κ2) is 8.00. The summed E-state index contributed by atoms with van der Waals surface area (Å²) in [6, 6.07) is 17.7. The van der Waals surface area contributed by atoms with Gasteiger partial charge in [0.25, 0.3) is 15.9 Å². The first-order valence-corrected chi connectivity index (χ1v) is 10.0. The zero-order valence-electron chi connectivity index (χ0n) is 14.8. The number of nitrogens with zero attached hydrogens (tertiary/aromatic N) is 1. The normalized spacial score (nSPS) is 11.1. The molecule has 28 heavy (non-hydrogen) atoms. The smallest absolute Gasteiger partial charge is 0.264 e. The van der Waals surface area contributed by atoms with Crippen molar-refractivity contribution in [2.75, 3.05) is 16.7 Å². The third-order valence-corrected chi connectivity index (χ3v) is 6.16. The topological polar surface area (TPSA) is 66.5 Å². The van der Waals surface area contributed by atoms with E-state index in [1.165, 1.54) is 55.6 Å². The first kappa shape index (κ1) is 19.9. The number of sulfonamides is 1. The van der Waals surface area contributed by atoms with Crippen molar-refractivity contribution in [1.29, 1.82) is 0 Å². The van der Waals surface area contributed by atoms with E-state index in [-0.39, 0.29) is 21.2 Å². The van der Waals surface area contributed by atoms with Gasteiger partial charge in [-0.05, 0) is 48.5 Å². The van der Waals surface area contributed by atoms with Crippen LogP contribution in [0.2, 0.25) is 5.02 Å². The molecule has 3 aromatic rings. The Morgan fingerprint density at radius 2 is 1.71 bits per heavy atom. The highest BCUT2D eigenvalue weighted by Gasteiger charge is 2.22. The predicted molar refractivity (Wildman–Crippen MR) is 108 cm³/mol. The van der Waals surface area contributed by atoms with Crippen LogP contribution in [-0.4, -0.2) is 21.4 Å². The summed E-state index contributed by atoms with van der Waals surface area (Å²) < 4.78 is 39.7. The lowest BCUT2D eigenvalue weighted by atomic mass is 10.2. The van der Waals surface area contributed by atoms with Crippen LogP contribution in [-0.2, 0) is 10.0 Å². The Bertz CT molecular complexity index is 1120. The molecule has 0 aliphatic rings. The van der Waals surface area contributed by atoms with Gasteiger partial charge in [-0.3, -0.25) is 9.10 Å². The third-order valence-electron chi connectivity index (χ3n) is 4.04. The lowest BCUT2D eigenvalue weighted by molar-refractivity contribution is 0.102. The lowest BCUT2D eigenvalue weighted by Gasteiger charge is -2.20. The molecule has 1 N–H and O–H groups in total. The fourth-order valence-electron chi connectivity index (χ4n) is 2.54. The molecule has 0 bridgehead atoms. The van der Waals surface area contributed by atoms with Crippen LogP contribution in [0.5, 0.6) is 0 Å². The maximum atomic E-state index is 13.3. The Hall–Kier alpha value is -2.90. The Morgan fingerprint density at radius 3 is 2.36 bits per heavy atom. The van der Waals surface area contributed by atoms with E-state index in [1.54, 1.807) is 24.3 Å². The molecule has 0 atom stereocenters. The summed E-state index contributed by atoms with van der Waals surface area (Å²) in [6.07, 6.45) is 0. The number of amides is 1. The van der Waals surface area contributed by atoms with Gasteiger partial charge in [0.1, 0.15) is 5.82 Å². The Labute approximate surface area is 167 Å². The number of rotatable bonds is 5. The Morgan fingerprint density at radius 1 is 1.00 bits per heavy atom. The summed E-state index contributed by atoms with van der Waals surface area (Å²) >= 11 is 6.21. The van der Waals surface area contributed by atoms with E-state index in [4.69, 9.17) is 11.6 Å². The molecule has 0 aliphatic carbocycles. The molecular formula is C20H16ClFN2O3S. The van der Waals surface area contributed by atoms with E-state index >= 15 is 0 Å². The summed E-state index contributed by atoms with van der Waals surface area (Å²) in [6.45, 7) is 0. The number of benzene rings is 3. The molecule has 0 radical (unpaired) electrons. The monoisotopic (exact) mass is 418 g/mol. The van der Waals surface area contributed by atoms with Gasteiger partial charge >= 0.3 is 0 Å². The van der Waals surface area contributed by atoms with Crippen LogP contribution in [0.25, 0.3) is 0 Å². The van der Waals surface area contributed by atoms with Gasteiger partial charge in [0.2, 0.25) is 0 Å². The van der Waals surface area contributed by atoms with Gasteiger partial charge in [-0.1, -0.05) is 35.9 Å². The van der Waals surface area contributed by atoms with Crippen LogP contribution in [0.4, 0.5) is 15.8 Å². The molecule has 0 aromatic heterocycles. The fourth-order valence-corrected chi connectivity index (χ4v) is 4.01. The van der Waals surface area contributed by atoms with Crippen molar-refractivity contribution in [2.24, 2.45) is 0 Å². The van der Waals surface area contributed by atoms with Gasteiger partial charge in [0.05, 0.1) is 21.2 Å². The fraction of sp³-hybridized carbons (Fsp3) is 0.0500. The molecule has 1 amide bonds. The lowest BCUT2D eigenvalue weighted by Crippen LogP contribution is -2.26. The van der Waals surface area contributed by atoms with Crippen LogP contribution >= 0.6 is 11.6 Å². The van der Waals surface area contributed by atoms with Crippen LogP contribution < -0.4 is 9.62 Å². The van der Waals surface area contributed by atoms with Gasteiger partial charge < -0.3 is 5.32 Å². The van der Waals surface area contributed by atoms with E-state index in [9.17, 15) is 17.6 Å². The van der Waals surface area contributed by atoms with E-state index < -0.39 is 21.7 Å². The van der Waals surface area contributed by atoms with Gasteiger partial charge in [-0.2, -0.15) is 0 Å². The molecule has 8 heteroatoms. The molecule has 3 aromatic carbocycles. The van der Waals surface area contributed by atoms with Crippen molar-refractivity contribution < 1.29 is 17.6 Å². The first-order valence-electron chi connectivity index (χ1n) is 8.19. The van der Waals surface area contributed by atoms with Crippen molar-refractivity contribution in [3.8, 4) is 0 Å². The van der Waals surface area contributed by atoms with Crippen LogP contribution in [0.1, 0.15) is 10.4 Å². The van der Waals surface area contributed by atoms with Crippen molar-refractivity contribution in [1.82, 2.24) is 0 Å². The van der Waals surface area contributed by atoms with E-state index in [0.717, 1.165) is 4.31 Å². The van der Waals surface area contributed by atoms with Crippen LogP contribution in [0.3, 0.4) is 0 Å². The molecule has 5 nitrogen and oxygen atoms in total. The number of halogens is 2. The first-order chi connectivity index (χ1) is 13.3. The maximum Gasteiger partial charge on any atom is 0.264 e. The molecule has 0 fully saturated rings. The molecule has 3 rings (SSSR count). The molecular weight excluding hydrogens is 403 g/mol. The second-order valence-corrected chi connectivity index (χ2v) is 8.29. The molecule has 0 spiro atoms.